The first-order chi connectivity index (χ1) is 5.47. The van der Waals surface area contributed by atoms with Crippen LogP contribution in [0.2, 0.25) is 0 Å². The zero-order valence-electron chi connectivity index (χ0n) is 7.63. The van der Waals surface area contributed by atoms with Crippen molar-refractivity contribution in [1.82, 2.24) is 0 Å². The van der Waals surface area contributed by atoms with E-state index in [0.717, 1.165) is 0 Å². The Morgan fingerprint density at radius 1 is 1.08 bits per heavy atom. The molecule has 0 radical (unpaired) electrons. The summed E-state index contributed by atoms with van der Waals surface area (Å²) in [6.07, 6.45) is 0. The number of fused-ring (bicyclic) bond motifs is 1. The van der Waals surface area contributed by atoms with Gasteiger partial charge in [0, 0.05) is 25.8 Å². The molecule has 2 aromatic rings. The predicted molar refractivity (Wildman–Crippen MR) is 50.6 cm³/mol. The Bertz CT molecular complexity index is 284. The van der Waals surface area contributed by atoms with Crippen LogP contribution in [0.4, 0.5) is 0 Å². The van der Waals surface area contributed by atoms with Gasteiger partial charge in [-0.2, -0.15) is 24.4 Å². The third kappa shape index (κ3) is 4.15. The second-order valence-electron chi connectivity index (χ2n) is 2.15. The molecule has 0 bridgehead atoms. The van der Waals surface area contributed by atoms with Crippen molar-refractivity contribution in [3.05, 3.63) is 49.4 Å². The maximum atomic E-state index is 3.25. The quantitative estimate of drug-likeness (QED) is 0.473. The van der Waals surface area contributed by atoms with Gasteiger partial charge >= 0.3 is 0 Å². The maximum Gasteiger partial charge on any atom is 0 e. The van der Waals surface area contributed by atoms with Crippen LogP contribution in [0.1, 0.15) is 6.92 Å². The third-order valence-electron chi connectivity index (χ3n) is 1.55. The summed E-state index contributed by atoms with van der Waals surface area (Å²) in [4.78, 5) is 0. The van der Waals surface area contributed by atoms with Crippen molar-refractivity contribution in [2.75, 3.05) is 0 Å². The van der Waals surface area contributed by atoms with Crippen molar-refractivity contribution in [1.29, 1.82) is 0 Å². The molecule has 0 fully saturated rings. The standard InChI is InChI=1S/C9H7.C2H5.ClH.Hf/c1-2-5-9-7-3-6-8(9)4-1;1-2;;/h1-7H;1H2,2H3;1H;/q2*-1;;/p-1. The zero-order chi connectivity index (χ0) is 8.10. The summed E-state index contributed by atoms with van der Waals surface area (Å²) in [5.74, 6) is 0. The Morgan fingerprint density at radius 2 is 1.69 bits per heavy atom. The molecule has 0 saturated carbocycles. The maximum absolute atomic E-state index is 3.25. The van der Waals surface area contributed by atoms with Gasteiger partial charge in [-0.25, -0.2) is 0 Å². The van der Waals surface area contributed by atoms with Crippen LogP contribution in [0.15, 0.2) is 42.5 Å². The van der Waals surface area contributed by atoms with Crippen molar-refractivity contribution < 1.29 is 38.3 Å². The van der Waals surface area contributed by atoms with Crippen LogP contribution in [0, 0.1) is 6.92 Å². The second kappa shape index (κ2) is 8.58. The van der Waals surface area contributed by atoms with Crippen LogP contribution in [0.25, 0.3) is 10.8 Å². The molecule has 0 aliphatic rings. The molecule has 0 N–H and O–H groups in total. The molecule has 70 valence electrons. The van der Waals surface area contributed by atoms with Gasteiger partial charge < -0.3 is 19.3 Å². The Balaban J connectivity index is 0. The van der Waals surface area contributed by atoms with E-state index >= 15 is 0 Å². The average molecular weight is 358 g/mol. The smallest absolute Gasteiger partial charge is 0 e. The Hall–Kier alpha value is -0.00987. The first-order valence-electron chi connectivity index (χ1n) is 3.78. The third-order valence-corrected chi connectivity index (χ3v) is 1.55. The van der Waals surface area contributed by atoms with E-state index in [1.165, 1.54) is 10.8 Å². The van der Waals surface area contributed by atoms with Gasteiger partial charge in [-0.15, -0.1) is 29.7 Å². The molecule has 13 heavy (non-hydrogen) atoms. The Labute approximate surface area is 105 Å². The van der Waals surface area contributed by atoms with Gasteiger partial charge in [-0.1, -0.05) is 6.07 Å². The molecule has 0 spiro atoms. The molecule has 0 saturated heterocycles. The first-order valence-corrected chi connectivity index (χ1v) is 3.78. The number of benzene rings is 1. The summed E-state index contributed by atoms with van der Waals surface area (Å²) < 4.78 is 0. The molecule has 0 unspecified atom stereocenters. The minimum Gasteiger partial charge on any atom is -1.00 e. The minimum absolute atomic E-state index is 0. The van der Waals surface area contributed by atoms with Gasteiger partial charge in [0.15, 0.2) is 0 Å². The number of rotatable bonds is 0. The van der Waals surface area contributed by atoms with Gasteiger partial charge in [-0.3, -0.25) is 0 Å². The SMILES string of the molecule is [CH2-]C.[Cl-].[Hf].c1ccc2[cH-]ccc2c1. The molecule has 2 aromatic carbocycles. The normalized spacial score (nSPS) is 7.54. The van der Waals surface area contributed by atoms with Gasteiger partial charge in [0.05, 0.1) is 0 Å². The Kier molecular flexibility index (Phi) is 10.2. The largest absolute Gasteiger partial charge is 1.00 e. The molecule has 0 aliphatic carbocycles. The fourth-order valence-electron chi connectivity index (χ4n) is 1.07. The van der Waals surface area contributed by atoms with Crippen molar-refractivity contribution in [2.24, 2.45) is 0 Å². The van der Waals surface area contributed by atoms with E-state index in [4.69, 9.17) is 0 Å². The van der Waals surface area contributed by atoms with Gasteiger partial charge in [0.25, 0.3) is 0 Å². The van der Waals surface area contributed by atoms with Crippen LogP contribution in [0.5, 0.6) is 0 Å². The molecular weight excluding hydrogens is 346 g/mol. The molecule has 0 aromatic heterocycles. The number of halogens is 1. The van der Waals surface area contributed by atoms with Crippen molar-refractivity contribution in [3.8, 4) is 0 Å². The van der Waals surface area contributed by atoms with E-state index in [1.807, 2.05) is 0 Å². The molecule has 2 heteroatoms. The minimum atomic E-state index is 0. The summed E-state index contributed by atoms with van der Waals surface area (Å²) in [5.41, 5.74) is 0. The fourth-order valence-corrected chi connectivity index (χ4v) is 1.07. The van der Waals surface area contributed by atoms with Crippen molar-refractivity contribution in [3.63, 3.8) is 0 Å². The van der Waals surface area contributed by atoms with Gasteiger partial charge in [0.2, 0.25) is 0 Å². The molecule has 2 rings (SSSR count). The molecule has 0 amide bonds. The molecule has 0 heterocycles. The zero-order valence-corrected chi connectivity index (χ0v) is 12.0. The summed E-state index contributed by atoms with van der Waals surface area (Å²) >= 11 is 0. The molecule has 0 nitrogen and oxygen atoms in total. The summed E-state index contributed by atoms with van der Waals surface area (Å²) in [6.45, 7) is 5.00. The fraction of sp³-hybridized carbons (Fsp3) is 0.0909. The van der Waals surface area contributed by atoms with Crippen molar-refractivity contribution in [2.45, 2.75) is 6.92 Å². The van der Waals surface area contributed by atoms with Crippen molar-refractivity contribution >= 4 is 10.8 Å². The number of hydrogen-bond acceptors (Lipinski definition) is 0. The van der Waals surface area contributed by atoms with E-state index in [-0.39, 0.29) is 38.3 Å². The van der Waals surface area contributed by atoms with Crippen LogP contribution in [-0.2, 0) is 25.8 Å². The summed E-state index contributed by atoms with van der Waals surface area (Å²) in [5, 5.41) is 2.66. The second-order valence-corrected chi connectivity index (χ2v) is 2.15. The monoisotopic (exact) mass is 359 g/mol. The molecule has 0 atom stereocenters. The van der Waals surface area contributed by atoms with E-state index in [0.29, 0.717) is 0 Å². The predicted octanol–water partition coefficient (Wildman–Crippen LogP) is 0.401. The van der Waals surface area contributed by atoms with Crippen LogP contribution in [-0.4, -0.2) is 0 Å². The van der Waals surface area contributed by atoms with Crippen LogP contribution < -0.4 is 12.4 Å². The van der Waals surface area contributed by atoms with E-state index in [2.05, 4.69) is 49.4 Å². The number of hydrogen-bond donors (Lipinski definition) is 0. The van der Waals surface area contributed by atoms with Crippen LogP contribution in [0.3, 0.4) is 0 Å². The first kappa shape index (κ1) is 15.5. The molecule has 0 aliphatic heterocycles. The molecular formula is C11H12ClHf-3. The van der Waals surface area contributed by atoms with Crippen LogP contribution >= 0.6 is 0 Å². The average Bonchev–Trinajstić information content (AvgIpc) is 2.55. The summed E-state index contributed by atoms with van der Waals surface area (Å²) in [6, 6.07) is 14.7. The van der Waals surface area contributed by atoms with Gasteiger partial charge in [-0.05, 0) is 0 Å². The van der Waals surface area contributed by atoms with E-state index < -0.39 is 0 Å². The Morgan fingerprint density at radius 3 is 2.31 bits per heavy atom. The van der Waals surface area contributed by atoms with E-state index in [9.17, 15) is 0 Å². The topological polar surface area (TPSA) is 0 Å². The van der Waals surface area contributed by atoms with E-state index in [1.54, 1.807) is 6.92 Å². The summed E-state index contributed by atoms with van der Waals surface area (Å²) in [7, 11) is 0. The van der Waals surface area contributed by atoms with Gasteiger partial charge in [0.1, 0.15) is 0 Å².